The Kier molecular flexibility index (Phi) is 4.19. The highest BCUT2D eigenvalue weighted by atomic mass is 35.5. The Morgan fingerprint density at radius 1 is 1.32 bits per heavy atom. The molecule has 1 aromatic rings. The molecule has 1 heterocycles. The number of nitrogens with zero attached hydrogens (tertiary/aromatic N) is 1. The van der Waals surface area contributed by atoms with E-state index in [0.717, 1.165) is 19.3 Å². The Bertz CT molecular complexity index is 568. The number of aromatic nitrogens is 2. The van der Waals surface area contributed by atoms with Crippen molar-refractivity contribution in [2.24, 2.45) is 5.41 Å². The molecule has 0 atom stereocenters. The van der Waals surface area contributed by atoms with E-state index >= 15 is 0 Å². The third-order valence-electron chi connectivity index (χ3n) is 4.08. The normalized spacial score (nSPS) is 17.8. The van der Waals surface area contributed by atoms with E-state index in [1.807, 2.05) is 6.92 Å². The number of halogens is 1. The van der Waals surface area contributed by atoms with Crippen LogP contribution in [0.1, 0.15) is 51.5 Å². The molecule has 2 rings (SSSR count). The van der Waals surface area contributed by atoms with Crippen molar-refractivity contribution in [1.82, 2.24) is 9.55 Å². The Balaban J connectivity index is 2.42. The van der Waals surface area contributed by atoms with Gasteiger partial charge in [-0.05, 0) is 24.7 Å². The zero-order chi connectivity index (χ0) is 14.0. The van der Waals surface area contributed by atoms with Gasteiger partial charge in [-0.2, -0.15) is 0 Å². The minimum atomic E-state index is -0.386. The van der Waals surface area contributed by atoms with E-state index in [-0.39, 0.29) is 21.8 Å². The summed E-state index contributed by atoms with van der Waals surface area (Å²) in [4.78, 5) is 27.0. The quantitative estimate of drug-likeness (QED) is 0.865. The van der Waals surface area contributed by atoms with Crippen molar-refractivity contribution in [3.8, 4) is 0 Å². The smallest absolute Gasteiger partial charge is 0.297 e. The first-order valence-electron chi connectivity index (χ1n) is 6.98. The Morgan fingerprint density at radius 3 is 2.53 bits per heavy atom. The van der Waals surface area contributed by atoms with Gasteiger partial charge < -0.3 is 0 Å². The van der Waals surface area contributed by atoms with Gasteiger partial charge in [0.2, 0.25) is 0 Å². The number of nitrogens with one attached hydrogen (secondary N) is 1. The van der Waals surface area contributed by atoms with Gasteiger partial charge in [0.25, 0.3) is 5.56 Å². The van der Waals surface area contributed by atoms with E-state index in [2.05, 4.69) is 11.9 Å². The summed E-state index contributed by atoms with van der Waals surface area (Å²) < 4.78 is 1.34. The van der Waals surface area contributed by atoms with Crippen molar-refractivity contribution >= 4 is 11.6 Å². The maximum atomic E-state index is 12.4. The van der Waals surface area contributed by atoms with Crippen LogP contribution in [0.4, 0.5) is 0 Å². The first kappa shape index (κ1) is 14.4. The van der Waals surface area contributed by atoms with E-state index in [9.17, 15) is 9.59 Å². The highest BCUT2D eigenvalue weighted by molar-refractivity contribution is 6.30. The van der Waals surface area contributed by atoms with Gasteiger partial charge in [-0.1, -0.05) is 44.7 Å². The molecule has 4 nitrogen and oxygen atoms in total. The van der Waals surface area contributed by atoms with Crippen molar-refractivity contribution < 1.29 is 0 Å². The van der Waals surface area contributed by atoms with Crippen molar-refractivity contribution in [1.29, 1.82) is 0 Å². The lowest BCUT2D eigenvalue weighted by atomic mass is 9.89. The molecule has 19 heavy (non-hydrogen) atoms. The van der Waals surface area contributed by atoms with Gasteiger partial charge in [-0.15, -0.1) is 0 Å². The average molecular weight is 285 g/mol. The number of aromatic amines is 1. The van der Waals surface area contributed by atoms with Crippen LogP contribution in [0.5, 0.6) is 0 Å². The third kappa shape index (κ3) is 2.94. The Morgan fingerprint density at radius 2 is 1.95 bits per heavy atom. The summed E-state index contributed by atoms with van der Waals surface area (Å²) in [6.45, 7) is 4.64. The maximum absolute atomic E-state index is 12.4. The molecule has 106 valence electrons. The fourth-order valence-electron chi connectivity index (χ4n) is 2.96. The fourth-order valence-corrected chi connectivity index (χ4v) is 3.22. The molecule has 0 amide bonds. The Labute approximate surface area is 117 Å². The molecule has 1 N–H and O–H groups in total. The van der Waals surface area contributed by atoms with E-state index in [1.165, 1.54) is 17.4 Å². The largest absolute Gasteiger partial charge is 0.329 e. The highest BCUT2D eigenvalue weighted by Crippen LogP contribution is 2.38. The van der Waals surface area contributed by atoms with Crippen LogP contribution in [0.3, 0.4) is 0 Å². The summed E-state index contributed by atoms with van der Waals surface area (Å²) in [7, 11) is 0. The maximum Gasteiger partial charge on any atom is 0.329 e. The molecule has 0 radical (unpaired) electrons. The second-order valence-corrected chi connectivity index (χ2v) is 6.26. The summed E-state index contributed by atoms with van der Waals surface area (Å²) in [5.41, 5.74) is -0.00853. The van der Waals surface area contributed by atoms with Crippen LogP contribution in [0.2, 0.25) is 5.15 Å². The van der Waals surface area contributed by atoms with Gasteiger partial charge in [-0.3, -0.25) is 14.3 Å². The molecule has 0 bridgehead atoms. The lowest BCUT2D eigenvalue weighted by molar-refractivity contribution is 0.271. The van der Waals surface area contributed by atoms with Crippen molar-refractivity contribution in [2.75, 3.05) is 0 Å². The molecular formula is C14H21ClN2O2. The number of rotatable bonds is 4. The van der Waals surface area contributed by atoms with Crippen molar-refractivity contribution in [3.05, 3.63) is 31.6 Å². The lowest BCUT2D eigenvalue weighted by Gasteiger charge is -2.24. The minimum absolute atomic E-state index is 0.0636. The van der Waals surface area contributed by atoms with E-state index in [4.69, 9.17) is 11.6 Å². The SMILES string of the molecule is CCCc1c(Cl)[nH]c(=O)n(CC2(C)CCCC2)c1=O. The second-order valence-electron chi connectivity index (χ2n) is 5.88. The number of hydrogen-bond donors (Lipinski definition) is 1. The number of H-pyrrole nitrogens is 1. The van der Waals surface area contributed by atoms with Crippen LogP contribution < -0.4 is 11.2 Å². The summed E-state index contributed by atoms with van der Waals surface area (Å²) >= 11 is 5.97. The molecule has 5 heteroatoms. The van der Waals surface area contributed by atoms with Gasteiger partial charge in [-0.25, -0.2) is 4.79 Å². The second kappa shape index (κ2) is 5.53. The van der Waals surface area contributed by atoms with Crippen LogP contribution in [0, 0.1) is 5.41 Å². The fraction of sp³-hybridized carbons (Fsp3) is 0.714. The molecule has 1 fully saturated rings. The van der Waals surface area contributed by atoms with Gasteiger partial charge >= 0.3 is 5.69 Å². The van der Waals surface area contributed by atoms with Crippen LogP contribution in [0.25, 0.3) is 0 Å². The number of hydrogen-bond acceptors (Lipinski definition) is 2. The van der Waals surface area contributed by atoms with Crippen LogP contribution in [-0.2, 0) is 13.0 Å². The highest BCUT2D eigenvalue weighted by Gasteiger charge is 2.30. The van der Waals surface area contributed by atoms with E-state index in [1.54, 1.807) is 0 Å². The zero-order valence-corrected chi connectivity index (χ0v) is 12.3. The van der Waals surface area contributed by atoms with Crippen LogP contribution >= 0.6 is 11.6 Å². The van der Waals surface area contributed by atoms with Gasteiger partial charge in [0.15, 0.2) is 0 Å². The van der Waals surface area contributed by atoms with E-state index in [0.29, 0.717) is 18.5 Å². The molecule has 1 aliphatic rings. The third-order valence-corrected chi connectivity index (χ3v) is 4.40. The predicted octanol–water partition coefficient (Wildman–Crippen LogP) is 2.72. The topological polar surface area (TPSA) is 54.9 Å². The van der Waals surface area contributed by atoms with Gasteiger partial charge in [0, 0.05) is 6.54 Å². The lowest BCUT2D eigenvalue weighted by Crippen LogP contribution is -2.41. The molecular weight excluding hydrogens is 264 g/mol. The molecule has 0 aliphatic heterocycles. The molecule has 0 spiro atoms. The standard InChI is InChI=1S/C14H21ClN2O2/c1-3-6-10-11(15)16-13(19)17(12(10)18)9-14(2)7-4-5-8-14/h3-9H2,1-2H3,(H,16,19). The molecule has 1 saturated carbocycles. The summed E-state index contributed by atoms with van der Waals surface area (Å²) in [6, 6.07) is 0. The monoisotopic (exact) mass is 284 g/mol. The van der Waals surface area contributed by atoms with Crippen molar-refractivity contribution in [2.45, 2.75) is 58.9 Å². The molecule has 0 aromatic carbocycles. The minimum Gasteiger partial charge on any atom is -0.297 e. The molecule has 1 aliphatic carbocycles. The molecule has 1 aromatic heterocycles. The zero-order valence-electron chi connectivity index (χ0n) is 11.6. The van der Waals surface area contributed by atoms with Crippen LogP contribution in [0.15, 0.2) is 9.59 Å². The van der Waals surface area contributed by atoms with E-state index < -0.39 is 0 Å². The summed E-state index contributed by atoms with van der Waals surface area (Å²) in [5.74, 6) is 0. The van der Waals surface area contributed by atoms with Crippen LogP contribution in [-0.4, -0.2) is 9.55 Å². The first-order chi connectivity index (χ1) is 8.97. The average Bonchev–Trinajstić information content (AvgIpc) is 2.77. The van der Waals surface area contributed by atoms with Crippen molar-refractivity contribution in [3.63, 3.8) is 0 Å². The van der Waals surface area contributed by atoms with Gasteiger partial charge in [0.1, 0.15) is 5.15 Å². The molecule has 0 saturated heterocycles. The molecule has 0 unspecified atom stereocenters. The summed E-state index contributed by atoms with van der Waals surface area (Å²) in [6.07, 6.45) is 5.94. The Hall–Kier alpha value is -1.03. The van der Waals surface area contributed by atoms with Gasteiger partial charge in [0.05, 0.1) is 5.56 Å². The summed E-state index contributed by atoms with van der Waals surface area (Å²) in [5, 5.41) is 0.199. The first-order valence-corrected chi connectivity index (χ1v) is 7.36. The predicted molar refractivity (Wildman–Crippen MR) is 76.9 cm³/mol.